The molecule has 23 heavy (non-hydrogen) atoms. The van der Waals surface area contributed by atoms with E-state index in [2.05, 4.69) is 35.0 Å². The van der Waals surface area contributed by atoms with Crippen LogP contribution >= 0.6 is 12.8 Å². The zero-order chi connectivity index (χ0) is 17.0. The van der Waals surface area contributed by atoms with Crippen molar-refractivity contribution >= 4 is 35.9 Å². The van der Waals surface area contributed by atoms with Crippen LogP contribution in [0.15, 0.2) is 24.8 Å². The molecule has 1 unspecified atom stereocenters. The molecule has 1 aromatic rings. The molecule has 2 rings (SSSR count). The summed E-state index contributed by atoms with van der Waals surface area (Å²) in [4.78, 5) is 27.8. The number of hydrogen-bond donors (Lipinski definition) is 4. The van der Waals surface area contributed by atoms with Crippen LogP contribution in [0.25, 0.3) is 5.57 Å². The summed E-state index contributed by atoms with van der Waals surface area (Å²) < 4.78 is 0. The van der Waals surface area contributed by atoms with Crippen LogP contribution in [0.2, 0.25) is 0 Å². The van der Waals surface area contributed by atoms with Crippen LogP contribution < -0.4 is 15.6 Å². The van der Waals surface area contributed by atoms with Crippen LogP contribution in [0, 0.1) is 0 Å². The topological polar surface area (TPSA) is 73.5 Å². The van der Waals surface area contributed by atoms with E-state index in [9.17, 15) is 9.59 Å². The highest BCUT2D eigenvalue weighted by Crippen LogP contribution is 2.24. The molecule has 1 saturated heterocycles. The van der Waals surface area contributed by atoms with Crippen molar-refractivity contribution in [1.82, 2.24) is 15.0 Å². The molecule has 0 saturated carbocycles. The van der Waals surface area contributed by atoms with Crippen molar-refractivity contribution in [3.05, 3.63) is 35.9 Å². The number of benzene rings is 1. The van der Waals surface area contributed by atoms with Crippen molar-refractivity contribution in [3.63, 3.8) is 0 Å². The summed E-state index contributed by atoms with van der Waals surface area (Å²) >= 11 is 3.93. The van der Waals surface area contributed by atoms with Gasteiger partial charge in [0.2, 0.25) is 11.8 Å². The third-order valence-electron chi connectivity index (χ3n) is 3.93. The van der Waals surface area contributed by atoms with Crippen molar-refractivity contribution in [2.24, 2.45) is 0 Å². The molecule has 2 amide bonds. The fourth-order valence-electron chi connectivity index (χ4n) is 2.76. The van der Waals surface area contributed by atoms with Gasteiger partial charge < -0.3 is 5.43 Å². The number of thiol groups is 1. The van der Waals surface area contributed by atoms with Gasteiger partial charge in [0.05, 0.1) is 6.04 Å². The van der Waals surface area contributed by atoms with Crippen LogP contribution in [-0.4, -0.2) is 29.8 Å². The maximum Gasteiger partial charge on any atom is 0.243 e. The van der Waals surface area contributed by atoms with Crippen molar-refractivity contribution in [2.75, 3.05) is 12.5 Å². The van der Waals surface area contributed by atoms with Gasteiger partial charge in [0, 0.05) is 18.7 Å². The zero-order valence-electron chi connectivity index (χ0n) is 13.3. The number of hydrogen-bond acceptors (Lipinski definition) is 6. The van der Waals surface area contributed by atoms with E-state index in [0.717, 1.165) is 22.4 Å². The molecule has 1 heterocycles. The number of nitrogens with zero attached hydrogens (tertiary/aromatic N) is 1. The molecular formula is C16H22N4O2S. The molecule has 1 fully saturated rings. The van der Waals surface area contributed by atoms with Crippen LogP contribution in [-0.2, 0) is 16.1 Å². The Morgan fingerprint density at radius 1 is 1.48 bits per heavy atom. The van der Waals surface area contributed by atoms with E-state index in [-0.39, 0.29) is 17.9 Å². The first-order valence-corrected chi connectivity index (χ1v) is 7.85. The maximum atomic E-state index is 12.0. The lowest BCUT2D eigenvalue weighted by molar-refractivity contribution is -0.137. The number of rotatable bonds is 6. The minimum absolute atomic E-state index is 0.201. The Labute approximate surface area is 141 Å². The first kappa shape index (κ1) is 17.5. The highest BCUT2D eigenvalue weighted by Gasteiger charge is 2.29. The number of likely N-dealkylation sites (N-methyl/N-ethyl adjacent to an activating group) is 1. The molecule has 6 nitrogen and oxygen atoms in total. The quantitative estimate of drug-likeness (QED) is 0.362. The number of hydrazine groups is 1. The molecule has 0 spiro atoms. The van der Waals surface area contributed by atoms with Gasteiger partial charge >= 0.3 is 0 Å². The molecule has 1 aliphatic heterocycles. The van der Waals surface area contributed by atoms with Gasteiger partial charge in [0.25, 0.3) is 0 Å². The molecule has 1 aromatic carbocycles. The average molecular weight is 334 g/mol. The van der Waals surface area contributed by atoms with Gasteiger partial charge in [-0.15, -0.1) is 0 Å². The Bertz CT molecular complexity index is 633. The van der Waals surface area contributed by atoms with E-state index >= 15 is 0 Å². The highest BCUT2D eigenvalue weighted by atomic mass is 32.1. The van der Waals surface area contributed by atoms with Gasteiger partial charge in [-0.3, -0.25) is 19.8 Å². The van der Waals surface area contributed by atoms with E-state index in [1.807, 2.05) is 37.1 Å². The maximum absolute atomic E-state index is 12.0. The van der Waals surface area contributed by atoms with Crippen LogP contribution in [0.3, 0.4) is 0 Å². The predicted octanol–water partition coefficient (Wildman–Crippen LogP) is 1.72. The second-order valence-electron chi connectivity index (χ2n) is 5.77. The average Bonchev–Trinajstić information content (AvgIpc) is 2.47. The lowest BCUT2D eigenvalue weighted by atomic mass is 9.99. The van der Waals surface area contributed by atoms with Gasteiger partial charge in [0.15, 0.2) is 0 Å². The van der Waals surface area contributed by atoms with E-state index in [4.69, 9.17) is 0 Å². The number of allylic oxidation sites excluding steroid dienone is 1. The lowest BCUT2D eigenvalue weighted by Gasteiger charge is -2.30. The Morgan fingerprint density at radius 2 is 2.22 bits per heavy atom. The van der Waals surface area contributed by atoms with E-state index < -0.39 is 0 Å². The van der Waals surface area contributed by atoms with Crippen LogP contribution in [0.1, 0.15) is 30.9 Å². The smallest absolute Gasteiger partial charge is 0.243 e. The second kappa shape index (κ2) is 7.63. The van der Waals surface area contributed by atoms with Gasteiger partial charge in [-0.25, -0.2) is 0 Å². The lowest BCUT2D eigenvalue weighted by Crippen LogP contribution is -2.51. The summed E-state index contributed by atoms with van der Waals surface area (Å²) in [6, 6.07) is 5.62. The van der Waals surface area contributed by atoms with E-state index in [1.54, 1.807) is 0 Å². The number of amides is 2. The molecule has 0 radical (unpaired) electrons. The van der Waals surface area contributed by atoms with Crippen molar-refractivity contribution < 1.29 is 9.59 Å². The monoisotopic (exact) mass is 334 g/mol. The SMILES string of the molecule is C=C(C)c1ccc(NNS)cc1CN(C)C1CCC(=O)NC1=O. The number of anilines is 1. The molecule has 7 heteroatoms. The van der Waals surface area contributed by atoms with Crippen LogP contribution in [0.4, 0.5) is 5.69 Å². The zero-order valence-corrected chi connectivity index (χ0v) is 14.2. The first-order valence-electron chi connectivity index (χ1n) is 7.40. The Morgan fingerprint density at radius 3 is 2.83 bits per heavy atom. The second-order valence-corrected chi connectivity index (χ2v) is 5.99. The summed E-state index contributed by atoms with van der Waals surface area (Å²) in [7, 11) is 1.89. The molecule has 124 valence electrons. The molecule has 1 aliphatic rings. The Balaban J connectivity index is 2.20. The highest BCUT2D eigenvalue weighted by molar-refractivity contribution is 7.78. The molecule has 0 bridgehead atoms. The van der Waals surface area contributed by atoms with E-state index in [0.29, 0.717) is 19.4 Å². The minimum Gasteiger partial charge on any atom is -0.312 e. The van der Waals surface area contributed by atoms with Gasteiger partial charge in [-0.05, 0) is 43.7 Å². The number of nitrogens with one attached hydrogen (secondary N) is 3. The number of piperidine rings is 1. The largest absolute Gasteiger partial charge is 0.312 e. The summed E-state index contributed by atoms with van der Waals surface area (Å²) in [6.07, 6.45) is 0.916. The summed E-state index contributed by atoms with van der Waals surface area (Å²) in [6.45, 7) is 6.55. The van der Waals surface area contributed by atoms with E-state index in [1.165, 1.54) is 0 Å². The molecular weight excluding hydrogens is 312 g/mol. The fraction of sp³-hybridized carbons (Fsp3) is 0.375. The predicted molar refractivity (Wildman–Crippen MR) is 94.5 cm³/mol. The molecule has 1 atom stereocenters. The first-order chi connectivity index (χ1) is 10.9. The van der Waals surface area contributed by atoms with Crippen molar-refractivity contribution in [3.8, 4) is 0 Å². The van der Waals surface area contributed by atoms with Crippen molar-refractivity contribution in [2.45, 2.75) is 32.4 Å². The third-order valence-corrected chi connectivity index (χ3v) is 4.04. The normalized spacial score (nSPS) is 18.0. The number of imide groups is 1. The minimum atomic E-state index is -0.301. The molecule has 0 aliphatic carbocycles. The van der Waals surface area contributed by atoms with Gasteiger partial charge in [0.1, 0.15) is 0 Å². The summed E-state index contributed by atoms with van der Waals surface area (Å²) in [5.74, 6) is -0.430. The molecule has 0 aromatic heterocycles. The Hall–Kier alpha value is -1.83. The summed E-state index contributed by atoms with van der Waals surface area (Å²) in [5, 5.41) is 2.40. The van der Waals surface area contributed by atoms with Gasteiger partial charge in [-0.2, -0.15) is 4.83 Å². The summed E-state index contributed by atoms with van der Waals surface area (Å²) in [5.41, 5.74) is 6.86. The molecule has 3 N–H and O–H groups in total. The fourth-order valence-corrected chi connectivity index (χ4v) is 2.89. The van der Waals surface area contributed by atoms with Crippen molar-refractivity contribution in [1.29, 1.82) is 0 Å². The number of carbonyl (C=O) groups is 2. The third kappa shape index (κ3) is 4.34. The standard InChI is InChI=1S/C16H22N4O2S/c1-10(2)13-5-4-12(18-19-23)8-11(13)9-20(3)14-6-7-15(21)17-16(14)22/h4-5,8,14,18-19,23H,1,6-7,9H2,2-3H3,(H,17,21,22). The van der Waals surface area contributed by atoms with Gasteiger partial charge in [-0.1, -0.05) is 31.0 Å². The van der Waals surface area contributed by atoms with Crippen LogP contribution in [0.5, 0.6) is 0 Å². The Kier molecular flexibility index (Phi) is 5.81. The number of carbonyl (C=O) groups excluding carboxylic acids is 2.